The summed E-state index contributed by atoms with van der Waals surface area (Å²) >= 11 is 6.14. The van der Waals surface area contributed by atoms with Gasteiger partial charge < -0.3 is 20.2 Å². The summed E-state index contributed by atoms with van der Waals surface area (Å²) in [6.07, 6.45) is 0. The summed E-state index contributed by atoms with van der Waals surface area (Å²) in [7, 11) is 0. The van der Waals surface area contributed by atoms with Gasteiger partial charge in [-0.2, -0.15) is 0 Å². The number of esters is 1. The number of ether oxygens (including phenoxy) is 1. The average molecular weight is 408 g/mol. The first-order valence-electron chi connectivity index (χ1n) is 8.64. The smallest absolute Gasteiger partial charge is 0.342 e. The SMILES string of the molecule is CCOC(=O)c1c(C)oc(NC(=O)CN[C@@H](C)c2ccccc2Cl)c1C(N)=O. The van der Waals surface area contributed by atoms with Crippen molar-refractivity contribution in [2.24, 2.45) is 5.73 Å². The number of halogens is 1. The number of anilines is 1. The van der Waals surface area contributed by atoms with Gasteiger partial charge in [-0.1, -0.05) is 29.8 Å². The molecular formula is C19H22ClN3O5. The molecule has 1 aromatic carbocycles. The van der Waals surface area contributed by atoms with Gasteiger partial charge >= 0.3 is 5.97 Å². The number of aryl methyl sites for hydroxylation is 1. The summed E-state index contributed by atoms with van der Waals surface area (Å²) in [5.74, 6) is -2.20. The van der Waals surface area contributed by atoms with Crippen LogP contribution in [0, 0.1) is 6.92 Å². The normalized spacial score (nSPS) is 11.7. The molecule has 1 aromatic heterocycles. The lowest BCUT2D eigenvalue weighted by molar-refractivity contribution is -0.115. The Bertz CT molecular complexity index is 894. The van der Waals surface area contributed by atoms with E-state index < -0.39 is 17.8 Å². The predicted molar refractivity (Wildman–Crippen MR) is 104 cm³/mol. The van der Waals surface area contributed by atoms with Crippen LogP contribution in [0.25, 0.3) is 0 Å². The van der Waals surface area contributed by atoms with Gasteiger partial charge in [-0.05, 0) is 32.4 Å². The minimum atomic E-state index is -0.910. The Morgan fingerprint density at radius 3 is 2.54 bits per heavy atom. The van der Waals surface area contributed by atoms with E-state index in [0.717, 1.165) is 5.56 Å². The van der Waals surface area contributed by atoms with Gasteiger partial charge in [0.15, 0.2) is 0 Å². The second kappa shape index (κ2) is 9.38. The number of primary amides is 1. The molecule has 1 atom stereocenters. The fourth-order valence-corrected chi connectivity index (χ4v) is 2.97. The minimum Gasteiger partial charge on any atom is -0.462 e. The Balaban J connectivity index is 2.11. The molecule has 0 fully saturated rings. The number of amides is 2. The number of nitrogens with two attached hydrogens (primary N) is 1. The topological polar surface area (TPSA) is 124 Å². The van der Waals surface area contributed by atoms with E-state index >= 15 is 0 Å². The van der Waals surface area contributed by atoms with Crippen LogP contribution in [0.15, 0.2) is 28.7 Å². The third-order valence-corrected chi connectivity index (χ3v) is 4.35. The third-order valence-electron chi connectivity index (χ3n) is 4.00. The van der Waals surface area contributed by atoms with Crippen molar-refractivity contribution in [1.29, 1.82) is 0 Å². The molecule has 150 valence electrons. The Kier molecular flexibility index (Phi) is 7.19. The van der Waals surface area contributed by atoms with E-state index in [1.54, 1.807) is 13.0 Å². The summed E-state index contributed by atoms with van der Waals surface area (Å²) < 4.78 is 10.3. The van der Waals surface area contributed by atoms with Crippen LogP contribution in [0.5, 0.6) is 0 Å². The summed E-state index contributed by atoms with van der Waals surface area (Å²) in [4.78, 5) is 36.2. The fraction of sp³-hybridized carbons (Fsp3) is 0.316. The highest BCUT2D eigenvalue weighted by Gasteiger charge is 2.29. The highest BCUT2D eigenvalue weighted by atomic mass is 35.5. The number of nitrogens with one attached hydrogen (secondary N) is 2. The first-order chi connectivity index (χ1) is 13.3. The molecule has 0 spiro atoms. The number of furan rings is 1. The Labute approximate surface area is 167 Å². The van der Waals surface area contributed by atoms with E-state index in [1.807, 2.05) is 25.1 Å². The van der Waals surface area contributed by atoms with Crippen molar-refractivity contribution in [3.05, 3.63) is 51.7 Å². The molecule has 0 saturated heterocycles. The van der Waals surface area contributed by atoms with E-state index in [9.17, 15) is 14.4 Å². The highest BCUT2D eigenvalue weighted by Crippen LogP contribution is 2.27. The van der Waals surface area contributed by atoms with Gasteiger partial charge in [0.2, 0.25) is 11.8 Å². The Morgan fingerprint density at radius 2 is 1.93 bits per heavy atom. The number of rotatable bonds is 8. The maximum atomic E-state index is 12.3. The maximum absolute atomic E-state index is 12.3. The molecule has 4 N–H and O–H groups in total. The maximum Gasteiger partial charge on any atom is 0.342 e. The minimum absolute atomic E-state index is 0.0842. The van der Waals surface area contributed by atoms with Crippen LogP contribution in [0.2, 0.25) is 5.02 Å². The van der Waals surface area contributed by atoms with Crippen molar-refractivity contribution < 1.29 is 23.5 Å². The second-order valence-corrected chi connectivity index (χ2v) is 6.40. The van der Waals surface area contributed by atoms with E-state index in [2.05, 4.69) is 10.6 Å². The van der Waals surface area contributed by atoms with Crippen LogP contribution in [0.1, 0.15) is 51.9 Å². The molecule has 0 unspecified atom stereocenters. The monoisotopic (exact) mass is 407 g/mol. The van der Waals surface area contributed by atoms with Crippen molar-refractivity contribution in [3.63, 3.8) is 0 Å². The molecule has 0 saturated carbocycles. The lowest BCUT2D eigenvalue weighted by atomic mass is 10.1. The van der Waals surface area contributed by atoms with Crippen molar-refractivity contribution >= 4 is 35.3 Å². The van der Waals surface area contributed by atoms with E-state index in [1.165, 1.54) is 6.92 Å². The first-order valence-corrected chi connectivity index (χ1v) is 9.02. The van der Waals surface area contributed by atoms with Gasteiger partial charge in [0.05, 0.1) is 13.2 Å². The van der Waals surface area contributed by atoms with Gasteiger partial charge in [-0.15, -0.1) is 0 Å². The van der Waals surface area contributed by atoms with Crippen LogP contribution in [0.3, 0.4) is 0 Å². The molecule has 2 aromatic rings. The van der Waals surface area contributed by atoms with Crippen molar-refractivity contribution in [2.45, 2.75) is 26.8 Å². The fourth-order valence-electron chi connectivity index (χ4n) is 2.67. The summed E-state index contributed by atoms with van der Waals surface area (Å²) in [5, 5.41) is 6.07. The molecule has 0 aliphatic carbocycles. The van der Waals surface area contributed by atoms with Crippen LogP contribution < -0.4 is 16.4 Å². The number of hydrogen-bond donors (Lipinski definition) is 3. The molecule has 0 radical (unpaired) electrons. The number of hydrogen-bond acceptors (Lipinski definition) is 6. The predicted octanol–water partition coefficient (Wildman–Crippen LogP) is 2.81. The van der Waals surface area contributed by atoms with Crippen molar-refractivity contribution in [3.8, 4) is 0 Å². The van der Waals surface area contributed by atoms with Crippen LogP contribution in [-0.4, -0.2) is 30.9 Å². The number of carbonyl (C=O) groups excluding carboxylic acids is 3. The van der Waals surface area contributed by atoms with Gasteiger partial charge in [-0.25, -0.2) is 4.79 Å². The van der Waals surface area contributed by atoms with E-state index in [0.29, 0.717) is 5.02 Å². The Morgan fingerprint density at radius 1 is 1.25 bits per heavy atom. The highest BCUT2D eigenvalue weighted by molar-refractivity contribution is 6.31. The van der Waals surface area contributed by atoms with Crippen molar-refractivity contribution in [1.82, 2.24) is 5.32 Å². The molecule has 9 heteroatoms. The largest absolute Gasteiger partial charge is 0.462 e. The standard InChI is InChI=1S/C19H22ClN3O5/c1-4-27-19(26)15-11(3)28-18(16(15)17(21)25)23-14(24)9-22-10(2)12-7-5-6-8-13(12)20/h5-8,10,22H,4,9H2,1-3H3,(H2,21,25)(H,23,24)/t10-/m0/s1. The molecule has 2 amide bonds. The lowest BCUT2D eigenvalue weighted by Crippen LogP contribution is -2.31. The number of benzene rings is 1. The van der Waals surface area contributed by atoms with Gasteiger partial charge in [-0.3, -0.25) is 14.9 Å². The molecule has 0 aliphatic rings. The molecule has 2 rings (SSSR count). The van der Waals surface area contributed by atoms with Gasteiger partial charge in [0, 0.05) is 11.1 Å². The van der Waals surface area contributed by atoms with Crippen LogP contribution >= 0.6 is 11.6 Å². The van der Waals surface area contributed by atoms with E-state index in [-0.39, 0.29) is 42.0 Å². The second-order valence-electron chi connectivity index (χ2n) is 5.99. The molecular weight excluding hydrogens is 386 g/mol. The molecule has 1 heterocycles. The molecule has 28 heavy (non-hydrogen) atoms. The van der Waals surface area contributed by atoms with Crippen LogP contribution in [-0.2, 0) is 9.53 Å². The summed E-state index contributed by atoms with van der Waals surface area (Å²) in [6.45, 7) is 5.00. The molecule has 0 aliphatic heterocycles. The third kappa shape index (κ3) is 4.90. The average Bonchev–Trinajstić information content (AvgIpc) is 2.96. The molecule has 8 nitrogen and oxygen atoms in total. The first kappa shape index (κ1) is 21.5. The summed E-state index contributed by atoms with van der Waals surface area (Å²) in [6, 6.07) is 7.09. The zero-order chi connectivity index (χ0) is 20.8. The lowest BCUT2D eigenvalue weighted by Gasteiger charge is -2.15. The number of carbonyl (C=O) groups is 3. The van der Waals surface area contributed by atoms with Gasteiger partial charge in [0.1, 0.15) is 16.9 Å². The van der Waals surface area contributed by atoms with Crippen molar-refractivity contribution in [2.75, 3.05) is 18.5 Å². The quantitative estimate of drug-likeness (QED) is 0.578. The zero-order valence-electron chi connectivity index (χ0n) is 15.8. The summed E-state index contributed by atoms with van der Waals surface area (Å²) in [5.41, 5.74) is 5.89. The van der Waals surface area contributed by atoms with Gasteiger partial charge in [0.25, 0.3) is 5.91 Å². The van der Waals surface area contributed by atoms with E-state index in [4.69, 9.17) is 26.5 Å². The zero-order valence-corrected chi connectivity index (χ0v) is 16.6. The Hall–Kier alpha value is -2.84. The molecule has 0 bridgehead atoms. The van der Waals surface area contributed by atoms with Crippen LogP contribution in [0.4, 0.5) is 5.88 Å².